The topological polar surface area (TPSA) is 78.9 Å². The largest absolute Gasteiger partial charge is 0.462 e. The van der Waals surface area contributed by atoms with Gasteiger partial charge >= 0.3 is 17.9 Å². The Kier molecular flexibility index (Phi) is 65.2. The average Bonchev–Trinajstić information content (AvgIpc) is 3.46. The van der Waals surface area contributed by atoms with Crippen LogP contribution in [0, 0.1) is 0 Å². The van der Waals surface area contributed by atoms with E-state index in [1.165, 1.54) is 199 Å². The number of unbranched alkanes of at least 4 members (excludes halogenated alkanes) is 38. The number of hydrogen-bond donors (Lipinski definition) is 0. The van der Waals surface area contributed by atoms with Gasteiger partial charge in [-0.25, -0.2) is 0 Å². The lowest BCUT2D eigenvalue weighted by atomic mass is 10.0. The second-order valence-corrected chi connectivity index (χ2v) is 23.1. The van der Waals surface area contributed by atoms with Crippen molar-refractivity contribution >= 4 is 17.9 Å². The van der Waals surface area contributed by atoms with E-state index in [0.717, 1.165) is 109 Å². The first-order chi connectivity index (χ1) is 39.5. The van der Waals surface area contributed by atoms with Gasteiger partial charge in [0.05, 0.1) is 0 Å². The lowest BCUT2D eigenvalue weighted by molar-refractivity contribution is -0.167. The van der Waals surface area contributed by atoms with Crippen LogP contribution in [0.1, 0.15) is 348 Å². The summed E-state index contributed by atoms with van der Waals surface area (Å²) in [5, 5.41) is 0. The number of carbonyl (C=O) groups is 3. The maximum Gasteiger partial charge on any atom is 0.306 e. The van der Waals surface area contributed by atoms with E-state index < -0.39 is 6.10 Å². The van der Waals surface area contributed by atoms with Crippen LogP contribution in [0.25, 0.3) is 0 Å². The smallest absolute Gasteiger partial charge is 0.306 e. The standard InChI is InChI=1S/C74H130O6/c1-4-7-10-13-16-19-21-23-25-27-29-31-33-34-35-36-37-38-39-40-41-43-44-46-48-50-52-55-58-61-64-67-73(76)79-70-71(69-78-72(75)66-63-60-57-54-18-15-12-9-6-3)80-74(77)68-65-62-59-56-53-51-49-47-45-42-32-30-28-26-24-22-20-17-14-11-8-5-2/h7,10,16,19,23,25,29,31,34-35,37-38,40-41,71H,4-6,8-9,11-15,17-18,20-22,24,26-28,30,32-33,36,39,42-70H2,1-3H3/b10-7-,19-16-,25-23-,31-29-,35-34-,38-37-,41-40-. The van der Waals surface area contributed by atoms with E-state index in [-0.39, 0.29) is 31.1 Å². The second-order valence-electron chi connectivity index (χ2n) is 23.1. The first-order valence-corrected chi connectivity index (χ1v) is 34.6. The molecular weight excluding hydrogens is 985 g/mol. The summed E-state index contributed by atoms with van der Waals surface area (Å²) in [4.78, 5) is 38.3. The van der Waals surface area contributed by atoms with E-state index in [2.05, 4.69) is 106 Å². The number of rotatable bonds is 63. The minimum Gasteiger partial charge on any atom is -0.462 e. The number of ether oxygens (including phenoxy) is 3. The molecule has 0 aromatic rings. The van der Waals surface area contributed by atoms with E-state index in [4.69, 9.17) is 14.2 Å². The van der Waals surface area contributed by atoms with Gasteiger partial charge in [0, 0.05) is 19.3 Å². The van der Waals surface area contributed by atoms with Crippen molar-refractivity contribution in [3.05, 3.63) is 85.1 Å². The van der Waals surface area contributed by atoms with Crippen molar-refractivity contribution in [2.75, 3.05) is 13.2 Å². The van der Waals surface area contributed by atoms with E-state index in [1.807, 2.05) is 0 Å². The molecule has 0 aliphatic heterocycles. The summed E-state index contributed by atoms with van der Waals surface area (Å²) >= 11 is 0. The maximum absolute atomic E-state index is 12.9. The van der Waals surface area contributed by atoms with E-state index >= 15 is 0 Å². The number of hydrogen-bond acceptors (Lipinski definition) is 6. The Balaban J connectivity index is 4.17. The Hall–Kier alpha value is -3.41. The monoisotopic (exact) mass is 1110 g/mol. The molecule has 0 heterocycles. The molecule has 0 aromatic heterocycles. The SMILES string of the molecule is CC/C=C\C/C=C\C/C=C\C/C=C\C/C=C\C/C=C\C/C=C\CCCCCCCCCCCC(=O)OCC(COC(=O)CCCCCCCCCCC)OC(=O)CCCCCCCCCCCCCCCCCCCCCCCC. The van der Waals surface area contributed by atoms with Gasteiger partial charge < -0.3 is 14.2 Å². The lowest BCUT2D eigenvalue weighted by Gasteiger charge is -2.18. The molecular formula is C74H130O6. The molecule has 0 saturated heterocycles. The molecule has 0 radical (unpaired) electrons. The highest BCUT2D eigenvalue weighted by molar-refractivity contribution is 5.71. The molecule has 0 aromatic carbocycles. The van der Waals surface area contributed by atoms with Crippen LogP contribution in [-0.2, 0) is 28.6 Å². The Morgan fingerprint density at radius 1 is 0.263 bits per heavy atom. The quantitative estimate of drug-likeness (QED) is 0.0261. The molecule has 0 fully saturated rings. The highest BCUT2D eigenvalue weighted by Gasteiger charge is 2.19. The summed E-state index contributed by atoms with van der Waals surface area (Å²) in [5.74, 6) is -0.864. The molecule has 0 spiro atoms. The third-order valence-corrected chi connectivity index (χ3v) is 15.2. The van der Waals surface area contributed by atoms with Crippen molar-refractivity contribution in [2.24, 2.45) is 0 Å². The van der Waals surface area contributed by atoms with Crippen molar-refractivity contribution in [3.8, 4) is 0 Å². The van der Waals surface area contributed by atoms with Crippen molar-refractivity contribution < 1.29 is 28.6 Å². The van der Waals surface area contributed by atoms with E-state index in [9.17, 15) is 14.4 Å². The van der Waals surface area contributed by atoms with Gasteiger partial charge in [0.1, 0.15) is 13.2 Å². The lowest BCUT2D eigenvalue weighted by Crippen LogP contribution is -2.30. The Bertz CT molecular complexity index is 1520. The second kappa shape index (κ2) is 68.1. The maximum atomic E-state index is 12.9. The summed E-state index contributed by atoms with van der Waals surface area (Å²) in [6, 6.07) is 0. The Morgan fingerprint density at radius 2 is 0.487 bits per heavy atom. The van der Waals surface area contributed by atoms with Crippen LogP contribution in [0.15, 0.2) is 85.1 Å². The fourth-order valence-corrected chi connectivity index (χ4v) is 10.0. The predicted molar refractivity (Wildman–Crippen MR) is 348 cm³/mol. The molecule has 0 N–H and O–H groups in total. The summed E-state index contributed by atoms with van der Waals surface area (Å²) < 4.78 is 16.9. The van der Waals surface area contributed by atoms with Crippen LogP contribution < -0.4 is 0 Å². The van der Waals surface area contributed by atoms with Crippen LogP contribution in [0.2, 0.25) is 0 Å². The van der Waals surface area contributed by atoms with Gasteiger partial charge in [0.25, 0.3) is 0 Å². The normalized spacial score (nSPS) is 12.6. The molecule has 462 valence electrons. The van der Waals surface area contributed by atoms with Crippen molar-refractivity contribution in [1.29, 1.82) is 0 Å². The molecule has 1 atom stereocenters. The first kappa shape index (κ1) is 76.6. The van der Waals surface area contributed by atoms with Gasteiger partial charge in [-0.1, -0.05) is 337 Å². The van der Waals surface area contributed by atoms with E-state index in [0.29, 0.717) is 19.3 Å². The third-order valence-electron chi connectivity index (χ3n) is 15.2. The molecule has 0 aliphatic carbocycles. The average molecular weight is 1120 g/mol. The number of carbonyl (C=O) groups excluding carboxylic acids is 3. The molecule has 0 aliphatic rings. The molecule has 0 saturated carbocycles. The minimum absolute atomic E-state index is 0.0730. The summed E-state index contributed by atoms with van der Waals surface area (Å²) in [6.45, 7) is 6.55. The molecule has 6 heteroatoms. The van der Waals surface area contributed by atoms with Crippen LogP contribution in [0.5, 0.6) is 0 Å². The molecule has 6 nitrogen and oxygen atoms in total. The van der Waals surface area contributed by atoms with Gasteiger partial charge in [-0.05, 0) is 77.0 Å². The Morgan fingerprint density at radius 3 is 0.762 bits per heavy atom. The van der Waals surface area contributed by atoms with Crippen LogP contribution in [0.4, 0.5) is 0 Å². The third kappa shape index (κ3) is 65.4. The van der Waals surface area contributed by atoms with Gasteiger partial charge in [-0.15, -0.1) is 0 Å². The zero-order chi connectivity index (χ0) is 57.8. The van der Waals surface area contributed by atoms with Crippen molar-refractivity contribution in [1.82, 2.24) is 0 Å². The summed E-state index contributed by atoms with van der Waals surface area (Å²) in [7, 11) is 0. The van der Waals surface area contributed by atoms with Gasteiger partial charge in [-0.3, -0.25) is 14.4 Å². The molecule has 0 bridgehead atoms. The molecule has 1 unspecified atom stereocenters. The zero-order valence-electron chi connectivity index (χ0n) is 53.1. The van der Waals surface area contributed by atoms with Crippen LogP contribution in [-0.4, -0.2) is 37.2 Å². The predicted octanol–water partition coefficient (Wildman–Crippen LogP) is 23.8. The zero-order valence-corrected chi connectivity index (χ0v) is 53.1. The fourth-order valence-electron chi connectivity index (χ4n) is 10.0. The fraction of sp³-hybridized carbons (Fsp3) is 0.770. The first-order valence-electron chi connectivity index (χ1n) is 34.6. The number of esters is 3. The Labute approximate surface area is 496 Å². The molecule has 0 rings (SSSR count). The highest BCUT2D eigenvalue weighted by Crippen LogP contribution is 2.18. The highest BCUT2D eigenvalue weighted by atomic mass is 16.6. The van der Waals surface area contributed by atoms with E-state index in [1.54, 1.807) is 0 Å². The van der Waals surface area contributed by atoms with Crippen LogP contribution >= 0.6 is 0 Å². The van der Waals surface area contributed by atoms with Gasteiger partial charge in [-0.2, -0.15) is 0 Å². The van der Waals surface area contributed by atoms with Gasteiger partial charge in [0.2, 0.25) is 0 Å². The summed E-state index contributed by atoms with van der Waals surface area (Å²) in [5.41, 5.74) is 0. The molecule has 0 amide bonds. The van der Waals surface area contributed by atoms with Crippen LogP contribution in [0.3, 0.4) is 0 Å². The van der Waals surface area contributed by atoms with Crippen molar-refractivity contribution in [3.63, 3.8) is 0 Å². The summed E-state index contributed by atoms with van der Waals surface area (Å²) in [6.07, 6.45) is 90.5. The van der Waals surface area contributed by atoms with Gasteiger partial charge in [0.15, 0.2) is 6.10 Å². The molecule has 80 heavy (non-hydrogen) atoms. The number of allylic oxidation sites excluding steroid dienone is 14. The van der Waals surface area contributed by atoms with Crippen molar-refractivity contribution in [2.45, 2.75) is 354 Å². The minimum atomic E-state index is -0.775.